The molecule has 1 atom stereocenters. The van der Waals surface area contributed by atoms with Crippen LogP contribution in [0.25, 0.3) is 11.1 Å². The van der Waals surface area contributed by atoms with Crippen LogP contribution < -0.4 is 16.0 Å². The van der Waals surface area contributed by atoms with Gasteiger partial charge in [0.1, 0.15) is 18.4 Å². The van der Waals surface area contributed by atoms with Crippen molar-refractivity contribution in [3.63, 3.8) is 0 Å². The lowest BCUT2D eigenvalue weighted by Crippen LogP contribution is -2.48. The normalized spacial score (nSPS) is 12.4. The Hall–Kier alpha value is -5.35. The summed E-state index contributed by atoms with van der Waals surface area (Å²) in [6, 6.07) is 24.7. The van der Waals surface area contributed by atoms with Gasteiger partial charge in [0.25, 0.3) is 11.8 Å². The van der Waals surface area contributed by atoms with Crippen LogP contribution in [0.1, 0.15) is 43.3 Å². The Morgan fingerprint density at radius 2 is 1.50 bits per heavy atom. The fourth-order valence-corrected chi connectivity index (χ4v) is 5.33. The van der Waals surface area contributed by atoms with Crippen LogP contribution in [-0.4, -0.2) is 53.3 Å². The highest BCUT2D eigenvalue weighted by molar-refractivity contribution is 6.34. The van der Waals surface area contributed by atoms with Crippen molar-refractivity contribution in [2.45, 2.75) is 18.5 Å². The molecule has 0 saturated heterocycles. The number of carbonyl (C=O) groups is 4. The smallest absolute Gasteiger partial charge is 0.407 e. The number of alkyl carbamates (subject to hydrolysis) is 1. The molecular weight excluding hydrogens is 586 g/mol. The molecule has 1 aliphatic rings. The van der Waals surface area contributed by atoms with Gasteiger partial charge in [-0.3, -0.25) is 9.59 Å². The first-order chi connectivity index (χ1) is 21.2. The third-order valence-corrected chi connectivity index (χ3v) is 7.55. The lowest BCUT2D eigenvalue weighted by atomic mass is 9.98. The standard InChI is InChI=1S/C33H28ClN3O7/c34-28-15-20(30(39)35-16-19-6-5-7-21(38)14-19)12-13-26(28)31(40)37-29(32(41)42)17-36-33(43)44-18-27-24-10-3-1-8-22(24)23-9-2-4-11-25(23)27/h1-15,27,29,38H,16-18H2,(H,35,39)(H,36,43)(H,37,40)(H,41,42)/t29-/m0/s1. The Bertz CT molecular complexity index is 1700. The number of carbonyl (C=O) groups excluding carboxylic acids is 3. The Kier molecular flexibility index (Phi) is 9.11. The van der Waals surface area contributed by atoms with Crippen molar-refractivity contribution >= 4 is 35.5 Å². The van der Waals surface area contributed by atoms with E-state index in [1.807, 2.05) is 48.5 Å². The largest absolute Gasteiger partial charge is 0.508 e. The number of aromatic hydroxyl groups is 1. The minimum Gasteiger partial charge on any atom is -0.508 e. The molecule has 4 aromatic rings. The molecule has 224 valence electrons. The second kappa shape index (κ2) is 13.3. The van der Waals surface area contributed by atoms with Crippen LogP contribution in [0.5, 0.6) is 5.75 Å². The number of carboxylic acids is 1. The van der Waals surface area contributed by atoms with Gasteiger partial charge < -0.3 is 30.9 Å². The number of fused-ring (bicyclic) bond motifs is 3. The van der Waals surface area contributed by atoms with Gasteiger partial charge in [0, 0.05) is 18.0 Å². The van der Waals surface area contributed by atoms with E-state index in [-0.39, 0.29) is 41.0 Å². The lowest BCUT2D eigenvalue weighted by molar-refractivity contribution is -0.139. The molecule has 3 amide bonds. The zero-order valence-corrected chi connectivity index (χ0v) is 24.0. The topological polar surface area (TPSA) is 154 Å². The number of phenolic OH excluding ortho intramolecular Hbond substituents is 1. The van der Waals surface area contributed by atoms with E-state index in [2.05, 4.69) is 16.0 Å². The molecule has 5 N–H and O–H groups in total. The molecule has 0 aromatic heterocycles. The predicted molar refractivity (Wildman–Crippen MR) is 163 cm³/mol. The molecule has 0 bridgehead atoms. The number of phenols is 1. The van der Waals surface area contributed by atoms with Crippen LogP contribution in [0, 0.1) is 0 Å². The van der Waals surface area contributed by atoms with Gasteiger partial charge in [0.05, 0.1) is 17.1 Å². The second-order valence-electron chi connectivity index (χ2n) is 10.1. The van der Waals surface area contributed by atoms with Crippen LogP contribution in [0.4, 0.5) is 4.79 Å². The van der Waals surface area contributed by atoms with E-state index < -0.39 is 36.5 Å². The average Bonchev–Trinajstić information content (AvgIpc) is 3.34. The number of halogens is 1. The molecule has 1 aliphatic carbocycles. The van der Waals surface area contributed by atoms with Crippen molar-refractivity contribution in [3.05, 3.63) is 124 Å². The molecule has 0 radical (unpaired) electrons. The van der Waals surface area contributed by atoms with Gasteiger partial charge in [-0.1, -0.05) is 72.3 Å². The van der Waals surface area contributed by atoms with E-state index in [1.165, 1.54) is 30.3 Å². The highest BCUT2D eigenvalue weighted by atomic mass is 35.5. The van der Waals surface area contributed by atoms with Gasteiger partial charge in [-0.2, -0.15) is 0 Å². The summed E-state index contributed by atoms with van der Waals surface area (Å²) < 4.78 is 5.44. The number of aliphatic carboxylic acids is 1. The number of carboxylic acid groups (broad SMARTS) is 1. The first-order valence-electron chi connectivity index (χ1n) is 13.7. The predicted octanol–water partition coefficient (Wildman–Crippen LogP) is 4.70. The summed E-state index contributed by atoms with van der Waals surface area (Å²) in [7, 11) is 0. The van der Waals surface area contributed by atoms with Crippen molar-refractivity contribution in [1.29, 1.82) is 0 Å². The molecule has 0 fully saturated rings. The van der Waals surface area contributed by atoms with E-state index in [0.29, 0.717) is 5.56 Å². The number of hydrogen-bond acceptors (Lipinski definition) is 6. The Labute approximate surface area is 257 Å². The van der Waals surface area contributed by atoms with E-state index in [0.717, 1.165) is 22.3 Å². The van der Waals surface area contributed by atoms with Gasteiger partial charge in [-0.25, -0.2) is 9.59 Å². The summed E-state index contributed by atoms with van der Waals surface area (Å²) in [5, 5.41) is 26.6. The van der Waals surface area contributed by atoms with Gasteiger partial charge in [0.15, 0.2) is 0 Å². The van der Waals surface area contributed by atoms with Crippen molar-refractivity contribution in [2.24, 2.45) is 0 Å². The zero-order valence-electron chi connectivity index (χ0n) is 23.2. The van der Waals surface area contributed by atoms with Crippen LogP contribution in [0.3, 0.4) is 0 Å². The van der Waals surface area contributed by atoms with E-state index in [1.54, 1.807) is 12.1 Å². The number of benzene rings is 4. The maximum Gasteiger partial charge on any atom is 0.407 e. The van der Waals surface area contributed by atoms with Crippen LogP contribution in [0.2, 0.25) is 5.02 Å². The number of ether oxygens (including phenoxy) is 1. The maximum atomic E-state index is 12.9. The summed E-state index contributed by atoms with van der Waals surface area (Å²) >= 11 is 6.26. The minimum atomic E-state index is -1.48. The van der Waals surface area contributed by atoms with Gasteiger partial charge in [-0.15, -0.1) is 0 Å². The van der Waals surface area contributed by atoms with Crippen LogP contribution >= 0.6 is 11.6 Å². The van der Waals surface area contributed by atoms with Crippen molar-refractivity contribution in [3.8, 4) is 16.9 Å². The summed E-state index contributed by atoms with van der Waals surface area (Å²) in [5.41, 5.74) is 5.04. The first-order valence-corrected chi connectivity index (χ1v) is 14.1. The van der Waals surface area contributed by atoms with Crippen molar-refractivity contribution in [1.82, 2.24) is 16.0 Å². The van der Waals surface area contributed by atoms with Crippen LogP contribution in [-0.2, 0) is 16.1 Å². The third kappa shape index (κ3) is 6.82. The first kappa shape index (κ1) is 30.1. The maximum absolute atomic E-state index is 12.9. The Morgan fingerprint density at radius 3 is 2.14 bits per heavy atom. The molecule has 0 heterocycles. The van der Waals surface area contributed by atoms with E-state index in [9.17, 15) is 29.4 Å². The number of nitrogens with one attached hydrogen (secondary N) is 3. The molecule has 0 unspecified atom stereocenters. The number of rotatable bonds is 10. The molecule has 0 aliphatic heterocycles. The van der Waals surface area contributed by atoms with Crippen molar-refractivity contribution < 1.29 is 34.1 Å². The molecule has 4 aromatic carbocycles. The lowest BCUT2D eigenvalue weighted by Gasteiger charge is -2.17. The Balaban J connectivity index is 1.14. The van der Waals surface area contributed by atoms with E-state index >= 15 is 0 Å². The molecular formula is C33H28ClN3O7. The molecule has 10 nitrogen and oxygen atoms in total. The average molecular weight is 614 g/mol. The highest BCUT2D eigenvalue weighted by Gasteiger charge is 2.29. The second-order valence-corrected chi connectivity index (χ2v) is 10.5. The van der Waals surface area contributed by atoms with Gasteiger partial charge in [-0.05, 0) is 58.1 Å². The molecule has 0 spiro atoms. The SMILES string of the molecule is O=C(NC[C@H](NC(=O)c1ccc(C(=O)NCc2cccc(O)c2)cc1Cl)C(=O)O)OCC1c2ccccc2-c2ccccc21. The quantitative estimate of drug-likeness (QED) is 0.174. The summed E-state index contributed by atoms with van der Waals surface area (Å²) in [6.45, 7) is -0.234. The van der Waals surface area contributed by atoms with Gasteiger partial charge >= 0.3 is 12.1 Å². The van der Waals surface area contributed by atoms with Crippen molar-refractivity contribution in [2.75, 3.05) is 13.2 Å². The summed E-state index contributed by atoms with van der Waals surface area (Å²) in [4.78, 5) is 49.8. The zero-order chi connectivity index (χ0) is 31.2. The number of amides is 3. The van der Waals surface area contributed by atoms with Crippen LogP contribution in [0.15, 0.2) is 91.0 Å². The highest BCUT2D eigenvalue weighted by Crippen LogP contribution is 2.44. The van der Waals surface area contributed by atoms with Gasteiger partial charge in [0.2, 0.25) is 0 Å². The number of hydrogen-bond donors (Lipinski definition) is 5. The molecule has 44 heavy (non-hydrogen) atoms. The fraction of sp³-hybridized carbons (Fsp3) is 0.152. The molecule has 5 rings (SSSR count). The minimum absolute atomic E-state index is 0.0489. The summed E-state index contributed by atoms with van der Waals surface area (Å²) in [5.74, 6) is -2.73. The third-order valence-electron chi connectivity index (χ3n) is 7.24. The molecule has 0 saturated carbocycles. The summed E-state index contributed by atoms with van der Waals surface area (Å²) in [6.07, 6.45) is -0.827. The van der Waals surface area contributed by atoms with E-state index in [4.69, 9.17) is 16.3 Å². The molecule has 11 heteroatoms. The monoisotopic (exact) mass is 613 g/mol. The fourth-order valence-electron chi connectivity index (χ4n) is 5.06. The Morgan fingerprint density at radius 1 is 0.818 bits per heavy atom.